The summed E-state index contributed by atoms with van der Waals surface area (Å²) in [6.07, 6.45) is 5.67. The van der Waals surface area contributed by atoms with E-state index < -0.39 is 0 Å². The molecule has 1 aromatic rings. The average molecular weight is 208 g/mol. The van der Waals surface area contributed by atoms with Crippen LogP contribution in [0.15, 0.2) is 12.4 Å². The van der Waals surface area contributed by atoms with Crippen molar-refractivity contribution in [3.05, 3.63) is 12.4 Å². The molecule has 1 aromatic heterocycles. The molecule has 1 unspecified atom stereocenters. The van der Waals surface area contributed by atoms with E-state index >= 15 is 0 Å². The van der Waals surface area contributed by atoms with E-state index in [9.17, 15) is 0 Å². The zero-order valence-corrected chi connectivity index (χ0v) is 8.89. The molecule has 0 bridgehead atoms. The minimum Gasteiger partial charge on any atom is -0.480 e. The number of ether oxygens (including phenoxy) is 1. The van der Waals surface area contributed by atoms with Gasteiger partial charge in [-0.1, -0.05) is 0 Å². The van der Waals surface area contributed by atoms with Gasteiger partial charge < -0.3 is 15.4 Å². The number of hydrogen-bond acceptors (Lipinski definition) is 5. The van der Waals surface area contributed by atoms with E-state index in [2.05, 4.69) is 14.9 Å². The highest BCUT2D eigenvalue weighted by atomic mass is 16.5. The molecule has 1 aliphatic rings. The molecule has 2 heterocycles. The number of anilines is 1. The minimum absolute atomic E-state index is 0.395. The molecule has 1 aliphatic heterocycles. The number of nitrogens with zero attached hydrogens (tertiary/aromatic N) is 3. The maximum absolute atomic E-state index is 5.71. The van der Waals surface area contributed by atoms with Crippen LogP contribution in [0.3, 0.4) is 0 Å². The van der Waals surface area contributed by atoms with Gasteiger partial charge in [0.2, 0.25) is 5.88 Å². The molecule has 5 heteroatoms. The first kappa shape index (κ1) is 10.2. The fraction of sp³-hybridized carbons (Fsp3) is 0.600. The second-order valence-corrected chi connectivity index (χ2v) is 3.64. The van der Waals surface area contributed by atoms with Crippen molar-refractivity contribution < 1.29 is 4.74 Å². The predicted molar refractivity (Wildman–Crippen MR) is 58.0 cm³/mol. The summed E-state index contributed by atoms with van der Waals surface area (Å²) in [5, 5.41) is 0. The van der Waals surface area contributed by atoms with Crippen molar-refractivity contribution in [2.75, 3.05) is 25.1 Å². The highest BCUT2D eigenvalue weighted by Crippen LogP contribution is 2.23. The Morgan fingerprint density at radius 2 is 2.47 bits per heavy atom. The Labute approximate surface area is 89.3 Å². The monoisotopic (exact) mass is 208 g/mol. The molecule has 0 spiro atoms. The van der Waals surface area contributed by atoms with Crippen molar-refractivity contribution >= 4 is 5.82 Å². The van der Waals surface area contributed by atoms with Gasteiger partial charge in [0.1, 0.15) is 0 Å². The van der Waals surface area contributed by atoms with Gasteiger partial charge in [-0.25, -0.2) is 0 Å². The van der Waals surface area contributed by atoms with Gasteiger partial charge in [-0.15, -0.1) is 0 Å². The number of aromatic nitrogens is 2. The van der Waals surface area contributed by atoms with Crippen molar-refractivity contribution in [2.45, 2.75) is 18.9 Å². The first-order valence-corrected chi connectivity index (χ1v) is 5.18. The lowest BCUT2D eigenvalue weighted by molar-refractivity contribution is 0.395. The summed E-state index contributed by atoms with van der Waals surface area (Å²) in [7, 11) is 1.60. The zero-order chi connectivity index (χ0) is 10.7. The molecule has 0 radical (unpaired) electrons. The number of rotatable bonds is 3. The van der Waals surface area contributed by atoms with Gasteiger partial charge in [-0.3, -0.25) is 4.98 Å². The number of nitrogens with two attached hydrogens (primary N) is 1. The summed E-state index contributed by atoms with van der Waals surface area (Å²) in [6, 6.07) is 0.395. The molecule has 0 saturated carbocycles. The summed E-state index contributed by atoms with van der Waals surface area (Å²) >= 11 is 0. The lowest BCUT2D eigenvalue weighted by Crippen LogP contribution is -2.35. The van der Waals surface area contributed by atoms with Gasteiger partial charge in [0.05, 0.1) is 19.5 Å². The smallest absolute Gasteiger partial charge is 0.233 e. The summed E-state index contributed by atoms with van der Waals surface area (Å²) in [5.74, 6) is 1.41. The van der Waals surface area contributed by atoms with E-state index in [-0.39, 0.29) is 0 Å². The first-order chi connectivity index (χ1) is 7.35. The van der Waals surface area contributed by atoms with Crippen molar-refractivity contribution in [1.29, 1.82) is 0 Å². The Balaban J connectivity index is 2.20. The van der Waals surface area contributed by atoms with E-state index in [4.69, 9.17) is 10.5 Å². The van der Waals surface area contributed by atoms with Crippen molar-refractivity contribution in [3.8, 4) is 5.88 Å². The van der Waals surface area contributed by atoms with Crippen LogP contribution in [0.25, 0.3) is 0 Å². The van der Waals surface area contributed by atoms with Crippen LogP contribution in [0, 0.1) is 0 Å². The normalized spacial score (nSPS) is 20.7. The predicted octanol–water partition coefficient (Wildman–Crippen LogP) is 0.413. The van der Waals surface area contributed by atoms with Crippen LogP contribution in [0.5, 0.6) is 5.88 Å². The Bertz CT molecular complexity index is 331. The highest BCUT2D eigenvalue weighted by Gasteiger charge is 2.24. The molecule has 1 saturated heterocycles. The third-order valence-electron chi connectivity index (χ3n) is 2.75. The highest BCUT2D eigenvalue weighted by molar-refractivity contribution is 5.40. The topological polar surface area (TPSA) is 64.3 Å². The molecular formula is C10H16N4O. The summed E-state index contributed by atoms with van der Waals surface area (Å²) < 4.78 is 5.05. The quantitative estimate of drug-likeness (QED) is 0.779. The van der Waals surface area contributed by atoms with Gasteiger partial charge in [0.25, 0.3) is 0 Å². The largest absolute Gasteiger partial charge is 0.480 e. The standard InChI is InChI=1S/C10H16N4O/c1-15-10-7-12-6-9(13-10)14-4-2-3-8(14)5-11/h6-8H,2-5,11H2,1H3. The van der Waals surface area contributed by atoms with Crippen LogP contribution in [-0.4, -0.2) is 36.2 Å². The Kier molecular flexibility index (Phi) is 3.01. The van der Waals surface area contributed by atoms with Gasteiger partial charge in [0.15, 0.2) is 5.82 Å². The van der Waals surface area contributed by atoms with Gasteiger partial charge >= 0.3 is 0 Å². The molecule has 1 atom stereocenters. The van der Waals surface area contributed by atoms with E-state index in [0.717, 1.165) is 18.8 Å². The lowest BCUT2D eigenvalue weighted by atomic mass is 10.2. The Morgan fingerprint density at radius 1 is 1.60 bits per heavy atom. The van der Waals surface area contributed by atoms with Crippen molar-refractivity contribution in [2.24, 2.45) is 5.73 Å². The van der Waals surface area contributed by atoms with Crippen LogP contribution in [0.2, 0.25) is 0 Å². The SMILES string of the molecule is COc1cncc(N2CCCC2CN)n1. The molecule has 0 aromatic carbocycles. The third kappa shape index (κ3) is 2.02. The lowest BCUT2D eigenvalue weighted by Gasteiger charge is -2.24. The van der Waals surface area contributed by atoms with Gasteiger partial charge in [0, 0.05) is 19.1 Å². The number of hydrogen-bond donors (Lipinski definition) is 1. The molecule has 0 amide bonds. The maximum Gasteiger partial charge on any atom is 0.233 e. The second-order valence-electron chi connectivity index (χ2n) is 3.64. The summed E-state index contributed by atoms with van der Waals surface area (Å²) in [5.41, 5.74) is 5.71. The second kappa shape index (κ2) is 4.44. The van der Waals surface area contributed by atoms with Crippen molar-refractivity contribution in [1.82, 2.24) is 9.97 Å². The van der Waals surface area contributed by atoms with E-state index in [1.807, 2.05) is 0 Å². The first-order valence-electron chi connectivity index (χ1n) is 5.18. The molecule has 5 nitrogen and oxygen atoms in total. The molecule has 1 fully saturated rings. The van der Waals surface area contributed by atoms with Crippen LogP contribution in [0.4, 0.5) is 5.82 Å². The molecule has 82 valence electrons. The summed E-state index contributed by atoms with van der Waals surface area (Å²) in [6.45, 7) is 1.67. The third-order valence-corrected chi connectivity index (χ3v) is 2.75. The van der Waals surface area contributed by atoms with Crippen molar-refractivity contribution in [3.63, 3.8) is 0 Å². The fourth-order valence-electron chi connectivity index (χ4n) is 1.96. The van der Waals surface area contributed by atoms with Gasteiger partial charge in [-0.2, -0.15) is 4.98 Å². The molecule has 2 rings (SSSR count). The molecule has 15 heavy (non-hydrogen) atoms. The van der Waals surface area contributed by atoms with Crippen LogP contribution < -0.4 is 15.4 Å². The van der Waals surface area contributed by atoms with Crippen LogP contribution in [0.1, 0.15) is 12.8 Å². The van der Waals surface area contributed by atoms with E-state index in [1.165, 1.54) is 6.42 Å². The maximum atomic E-state index is 5.71. The van der Waals surface area contributed by atoms with E-state index in [0.29, 0.717) is 18.5 Å². The fourth-order valence-corrected chi connectivity index (χ4v) is 1.96. The Morgan fingerprint density at radius 3 is 3.20 bits per heavy atom. The average Bonchev–Trinajstić information content (AvgIpc) is 2.77. The Hall–Kier alpha value is -1.36. The van der Waals surface area contributed by atoms with Crippen LogP contribution in [-0.2, 0) is 0 Å². The number of methoxy groups -OCH3 is 1. The molecule has 0 aliphatic carbocycles. The van der Waals surface area contributed by atoms with Crippen LogP contribution >= 0.6 is 0 Å². The zero-order valence-electron chi connectivity index (χ0n) is 8.89. The van der Waals surface area contributed by atoms with Gasteiger partial charge in [-0.05, 0) is 12.8 Å². The minimum atomic E-state index is 0.395. The molecule has 2 N–H and O–H groups in total. The molecular weight excluding hydrogens is 192 g/mol. The van der Waals surface area contributed by atoms with E-state index in [1.54, 1.807) is 19.5 Å². The summed E-state index contributed by atoms with van der Waals surface area (Å²) in [4.78, 5) is 10.7.